The molecule has 0 N–H and O–H groups in total. The van der Waals surface area contributed by atoms with E-state index in [1.165, 1.54) is 0 Å². The van der Waals surface area contributed by atoms with Gasteiger partial charge in [0.1, 0.15) is 0 Å². The standard InChI is InChI=1S/C13H14Cl2N2O/c1-8(2)12-7-13(18-3)16-17(12)11-5-4-9(14)6-10(11)15/h4-8H,1-3H3. The summed E-state index contributed by atoms with van der Waals surface area (Å²) in [7, 11) is 1.60. The summed E-state index contributed by atoms with van der Waals surface area (Å²) in [6.07, 6.45) is 0. The number of methoxy groups -OCH3 is 1. The van der Waals surface area contributed by atoms with E-state index in [0.717, 1.165) is 11.4 Å². The Hall–Kier alpha value is -1.19. The second-order valence-corrected chi connectivity index (χ2v) is 5.12. The van der Waals surface area contributed by atoms with Gasteiger partial charge >= 0.3 is 0 Å². The van der Waals surface area contributed by atoms with Crippen LogP contribution < -0.4 is 4.74 Å². The van der Waals surface area contributed by atoms with E-state index < -0.39 is 0 Å². The molecule has 0 aliphatic carbocycles. The molecule has 0 aliphatic heterocycles. The van der Waals surface area contributed by atoms with Gasteiger partial charge in [-0.1, -0.05) is 37.0 Å². The van der Waals surface area contributed by atoms with Gasteiger partial charge in [0.05, 0.1) is 23.5 Å². The average molecular weight is 285 g/mol. The third-order valence-corrected chi connectivity index (χ3v) is 3.19. The van der Waals surface area contributed by atoms with Crippen LogP contribution in [-0.4, -0.2) is 16.9 Å². The van der Waals surface area contributed by atoms with Crippen molar-refractivity contribution in [2.45, 2.75) is 19.8 Å². The van der Waals surface area contributed by atoms with Crippen molar-refractivity contribution in [2.75, 3.05) is 7.11 Å². The lowest BCUT2D eigenvalue weighted by Gasteiger charge is -2.11. The number of benzene rings is 1. The van der Waals surface area contributed by atoms with Crippen molar-refractivity contribution in [3.63, 3.8) is 0 Å². The second-order valence-electron chi connectivity index (χ2n) is 4.27. The number of hydrogen-bond acceptors (Lipinski definition) is 2. The van der Waals surface area contributed by atoms with E-state index in [1.807, 2.05) is 12.1 Å². The first-order chi connectivity index (χ1) is 8.52. The van der Waals surface area contributed by atoms with E-state index in [0.29, 0.717) is 21.8 Å². The first-order valence-corrected chi connectivity index (χ1v) is 6.38. The molecule has 1 aromatic heterocycles. The molecule has 0 radical (unpaired) electrons. The summed E-state index contributed by atoms with van der Waals surface area (Å²) in [4.78, 5) is 0. The lowest BCUT2D eigenvalue weighted by molar-refractivity contribution is 0.394. The molecule has 0 saturated heterocycles. The fraction of sp³-hybridized carbons (Fsp3) is 0.308. The zero-order valence-corrected chi connectivity index (χ0v) is 12.0. The van der Waals surface area contributed by atoms with Crippen LogP contribution in [0, 0.1) is 0 Å². The van der Waals surface area contributed by atoms with Crippen molar-refractivity contribution < 1.29 is 4.74 Å². The van der Waals surface area contributed by atoms with Gasteiger partial charge in [-0.25, -0.2) is 4.68 Å². The van der Waals surface area contributed by atoms with E-state index in [-0.39, 0.29) is 0 Å². The normalized spacial score (nSPS) is 11.0. The molecule has 0 spiro atoms. The van der Waals surface area contributed by atoms with Crippen LogP contribution in [0.15, 0.2) is 24.3 Å². The van der Waals surface area contributed by atoms with E-state index in [1.54, 1.807) is 23.9 Å². The summed E-state index contributed by atoms with van der Waals surface area (Å²) in [5, 5.41) is 5.55. The predicted molar refractivity (Wildman–Crippen MR) is 74.2 cm³/mol. The van der Waals surface area contributed by atoms with Gasteiger partial charge in [-0.3, -0.25) is 0 Å². The average Bonchev–Trinajstić information content (AvgIpc) is 2.73. The monoisotopic (exact) mass is 284 g/mol. The number of halogens is 2. The van der Waals surface area contributed by atoms with Crippen LogP contribution in [0.1, 0.15) is 25.5 Å². The Morgan fingerprint density at radius 2 is 1.94 bits per heavy atom. The highest BCUT2D eigenvalue weighted by Gasteiger charge is 2.15. The molecular formula is C13H14Cl2N2O. The topological polar surface area (TPSA) is 27.1 Å². The van der Waals surface area contributed by atoms with Gasteiger partial charge < -0.3 is 4.74 Å². The molecule has 0 bridgehead atoms. The van der Waals surface area contributed by atoms with Crippen LogP contribution >= 0.6 is 23.2 Å². The Labute approximate surface area is 116 Å². The minimum absolute atomic E-state index is 0.313. The molecule has 5 heteroatoms. The van der Waals surface area contributed by atoms with Gasteiger partial charge in [0, 0.05) is 11.1 Å². The molecule has 0 atom stereocenters. The van der Waals surface area contributed by atoms with Crippen molar-refractivity contribution in [3.05, 3.63) is 40.0 Å². The molecule has 3 nitrogen and oxygen atoms in total. The maximum absolute atomic E-state index is 6.21. The van der Waals surface area contributed by atoms with Crippen LogP contribution in [0.25, 0.3) is 5.69 Å². The Morgan fingerprint density at radius 1 is 1.22 bits per heavy atom. The van der Waals surface area contributed by atoms with E-state index >= 15 is 0 Å². The molecule has 2 rings (SSSR count). The van der Waals surface area contributed by atoms with Gasteiger partial charge in [0.15, 0.2) is 0 Å². The van der Waals surface area contributed by atoms with Crippen LogP contribution in [0.4, 0.5) is 0 Å². The third-order valence-electron chi connectivity index (χ3n) is 2.65. The van der Waals surface area contributed by atoms with E-state index in [9.17, 15) is 0 Å². The van der Waals surface area contributed by atoms with Gasteiger partial charge in [0.2, 0.25) is 5.88 Å². The molecule has 1 aromatic carbocycles. The molecule has 0 fully saturated rings. The SMILES string of the molecule is COc1cc(C(C)C)n(-c2ccc(Cl)cc2Cl)n1. The second kappa shape index (κ2) is 5.21. The maximum atomic E-state index is 6.21. The van der Waals surface area contributed by atoms with Crippen molar-refractivity contribution in [3.8, 4) is 11.6 Å². The Kier molecular flexibility index (Phi) is 3.83. The first kappa shape index (κ1) is 13.2. The highest BCUT2D eigenvalue weighted by Crippen LogP contribution is 2.29. The molecule has 96 valence electrons. The molecule has 2 aromatic rings. The van der Waals surface area contributed by atoms with Gasteiger partial charge in [0.25, 0.3) is 0 Å². The summed E-state index contributed by atoms with van der Waals surface area (Å²) in [5.41, 5.74) is 1.84. The molecule has 1 heterocycles. The molecule has 0 saturated carbocycles. The van der Waals surface area contributed by atoms with Crippen LogP contribution in [-0.2, 0) is 0 Å². The van der Waals surface area contributed by atoms with Gasteiger partial charge in [-0.2, -0.15) is 0 Å². The minimum atomic E-state index is 0.313. The van der Waals surface area contributed by atoms with Crippen LogP contribution in [0.3, 0.4) is 0 Å². The zero-order valence-electron chi connectivity index (χ0n) is 10.4. The highest BCUT2D eigenvalue weighted by molar-refractivity contribution is 6.35. The summed E-state index contributed by atoms with van der Waals surface area (Å²) < 4.78 is 6.96. The fourth-order valence-electron chi connectivity index (χ4n) is 1.73. The Bertz CT molecular complexity index is 564. The smallest absolute Gasteiger partial charge is 0.233 e. The third kappa shape index (κ3) is 2.47. The van der Waals surface area contributed by atoms with E-state index in [2.05, 4.69) is 18.9 Å². The molecule has 0 unspecified atom stereocenters. The highest BCUT2D eigenvalue weighted by atomic mass is 35.5. The predicted octanol–water partition coefficient (Wildman–Crippen LogP) is 4.31. The molecule has 18 heavy (non-hydrogen) atoms. The molecule has 0 amide bonds. The number of rotatable bonds is 3. The Morgan fingerprint density at radius 3 is 2.50 bits per heavy atom. The largest absolute Gasteiger partial charge is 0.480 e. The van der Waals surface area contributed by atoms with Gasteiger partial charge in [-0.05, 0) is 24.1 Å². The quantitative estimate of drug-likeness (QED) is 0.840. The zero-order chi connectivity index (χ0) is 13.3. The maximum Gasteiger partial charge on any atom is 0.233 e. The van der Waals surface area contributed by atoms with Crippen molar-refractivity contribution >= 4 is 23.2 Å². The van der Waals surface area contributed by atoms with E-state index in [4.69, 9.17) is 27.9 Å². The number of nitrogens with zero attached hydrogens (tertiary/aromatic N) is 2. The number of hydrogen-bond donors (Lipinski definition) is 0. The lowest BCUT2D eigenvalue weighted by atomic mass is 10.1. The van der Waals surface area contributed by atoms with Crippen molar-refractivity contribution in [2.24, 2.45) is 0 Å². The summed E-state index contributed by atoms with van der Waals surface area (Å²) in [5.74, 6) is 0.887. The lowest BCUT2D eigenvalue weighted by Crippen LogP contribution is -2.04. The summed E-state index contributed by atoms with van der Waals surface area (Å²) >= 11 is 12.1. The molecular weight excluding hydrogens is 271 g/mol. The molecule has 0 aliphatic rings. The van der Waals surface area contributed by atoms with Crippen LogP contribution in [0.5, 0.6) is 5.88 Å². The number of ether oxygens (including phenoxy) is 1. The first-order valence-electron chi connectivity index (χ1n) is 5.62. The number of aromatic nitrogens is 2. The van der Waals surface area contributed by atoms with Crippen molar-refractivity contribution in [1.29, 1.82) is 0 Å². The fourth-order valence-corrected chi connectivity index (χ4v) is 2.22. The van der Waals surface area contributed by atoms with Crippen LogP contribution in [0.2, 0.25) is 10.0 Å². The van der Waals surface area contributed by atoms with Gasteiger partial charge in [-0.15, -0.1) is 5.10 Å². The summed E-state index contributed by atoms with van der Waals surface area (Å²) in [6.45, 7) is 4.19. The van der Waals surface area contributed by atoms with Crippen molar-refractivity contribution in [1.82, 2.24) is 9.78 Å². The Balaban J connectivity index is 2.58. The minimum Gasteiger partial charge on any atom is -0.480 e. The summed E-state index contributed by atoms with van der Waals surface area (Å²) in [6, 6.07) is 7.26.